The molecule has 0 saturated carbocycles. The summed E-state index contributed by atoms with van der Waals surface area (Å²) < 4.78 is 0. The smallest absolute Gasteiger partial charge is 0.225 e. The molecule has 5 rings (SSSR count). The predicted molar refractivity (Wildman–Crippen MR) is 123 cm³/mol. The van der Waals surface area contributed by atoms with E-state index in [9.17, 15) is 0 Å². The van der Waals surface area contributed by atoms with Crippen LogP contribution in [0.5, 0.6) is 0 Å². The number of aryl methyl sites for hydroxylation is 1. The van der Waals surface area contributed by atoms with Gasteiger partial charge in [-0.3, -0.25) is 4.90 Å². The summed E-state index contributed by atoms with van der Waals surface area (Å²) in [6, 6.07) is 11.3. The standard InChI is InChI=1S/C25H35N5/c1-2-7-17-30(16-6-1)24-22-13-8-14-23(22)27-25(28-24)26-21-12-9-15-29(19-21)18-20-10-4-3-5-11-20/h3-5,10-11,21H,1-2,6-9,12-19H2,(H,26,27,28)/t21-/m0/s1. The normalized spacial score (nSPS) is 22.5. The maximum atomic E-state index is 5.10. The number of nitrogens with zero attached hydrogens (tertiary/aromatic N) is 4. The zero-order chi connectivity index (χ0) is 20.2. The van der Waals surface area contributed by atoms with Crippen molar-refractivity contribution in [2.75, 3.05) is 36.4 Å². The Labute approximate surface area is 180 Å². The van der Waals surface area contributed by atoms with Crippen molar-refractivity contribution in [1.29, 1.82) is 0 Å². The zero-order valence-corrected chi connectivity index (χ0v) is 18.2. The van der Waals surface area contributed by atoms with E-state index in [0.717, 1.165) is 45.0 Å². The van der Waals surface area contributed by atoms with Gasteiger partial charge in [-0.25, -0.2) is 4.98 Å². The highest BCUT2D eigenvalue weighted by molar-refractivity contribution is 5.54. The van der Waals surface area contributed by atoms with E-state index in [1.54, 1.807) is 0 Å². The van der Waals surface area contributed by atoms with Crippen LogP contribution in [-0.2, 0) is 19.4 Å². The van der Waals surface area contributed by atoms with E-state index in [0.29, 0.717) is 6.04 Å². The summed E-state index contributed by atoms with van der Waals surface area (Å²) in [5, 5.41) is 3.73. The number of piperidine rings is 1. The van der Waals surface area contributed by atoms with Gasteiger partial charge in [-0.05, 0) is 57.1 Å². The molecule has 3 heterocycles. The van der Waals surface area contributed by atoms with Crippen molar-refractivity contribution in [2.24, 2.45) is 0 Å². The molecule has 2 saturated heterocycles. The van der Waals surface area contributed by atoms with Crippen molar-refractivity contribution in [3.05, 3.63) is 47.2 Å². The average Bonchev–Trinajstić information content (AvgIpc) is 3.07. The first-order valence-electron chi connectivity index (χ1n) is 12.0. The van der Waals surface area contributed by atoms with Gasteiger partial charge in [0.2, 0.25) is 5.95 Å². The fourth-order valence-electron chi connectivity index (χ4n) is 5.36. The van der Waals surface area contributed by atoms with E-state index in [4.69, 9.17) is 9.97 Å². The topological polar surface area (TPSA) is 44.3 Å². The Bertz CT molecular complexity index is 829. The Hall–Kier alpha value is -2.14. The highest BCUT2D eigenvalue weighted by Crippen LogP contribution is 2.31. The minimum absolute atomic E-state index is 0.430. The molecule has 2 aliphatic heterocycles. The van der Waals surface area contributed by atoms with Crippen LogP contribution in [0.4, 0.5) is 11.8 Å². The number of anilines is 2. The molecule has 0 spiro atoms. The van der Waals surface area contributed by atoms with Gasteiger partial charge in [-0.2, -0.15) is 4.98 Å². The number of hydrogen-bond acceptors (Lipinski definition) is 5. The second kappa shape index (κ2) is 9.34. The fourth-order valence-corrected chi connectivity index (χ4v) is 5.36. The number of hydrogen-bond donors (Lipinski definition) is 1. The van der Waals surface area contributed by atoms with Crippen LogP contribution in [0, 0.1) is 0 Å². The van der Waals surface area contributed by atoms with Gasteiger partial charge in [0.25, 0.3) is 0 Å². The largest absolute Gasteiger partial charge is 0.356 e. The summed E-state index contributed by atoms with van der Waals surface area (Å²) in [5.74, 6) is 2.10. The molecule has 0 radical (unpaired) electrons. The number of nitrogens with one attached hydrogen (secondary N) is 1. The number of benzene rings is 1. The Morgan fingerprint density at radius 1 is 0.867 bits per heavy atom. The molecule has 1 atom stereocenters. The van der Waals surface area contributed by atoms with Crippen LogP contribution in [0.3, 0.4) is 0 Å². The third-order valence-electron chi connectivity index (χ3n) is 6.90. The van der Waals surface area contributed by atoms with Gasteiger partial charge in [-0.15, -0.1) is 0 Å². The third-order valence-corrected chi connectivity index (χ3v) is 6.90. The Kier molecular flexibility index (Phi) is 6.16. The summed E-state index contributed by atoms with van der Waals surface area (Å²) in [6.45, 7) is 5.57. The molecule has 1 aliphatic carbocycles. The lowest BCUT2D eigenvalue weighted by Crippen LogP contribution is -2.42. The third kappa shape index (κ3) is 4.61. The summed E-state index contributed by atoms with van der Waals surface area (Å²) >= 11 is 0. The molecule has 30 heavy (non-hydrogen) atoms. The first-order chi connectivity index (χ1) is 14.8. The van der Waals surface area contributed by atoms with Gasteiger partial charge >= 0.3 is 0 Å². The van der Waals surface area contributed by atoms with Gasteiger partial charge in [0.15, 0.2) is 0 Å². The van der Waals surface area contributed by atoms with Crippen molar-refractivity contribution in [1.82, 2.24) is 14.9 Å². The maximum absolute atomic E-state index is 5.10. The predicted octanol–water partition coefficient (Wildman–Crippen LogP) is 4.42. The molecule has 1 aromatic heterocycles. The fraction of sp³-hybridized carbons (Fsp3) is 0.600. The zero-order valence-electron chi connectivity index (χ0n) is 18.2. The van der Waals surface area contributed by atoms with Crippen molar-refractivity contribution < 1.29 is 0 Å². The van der Waals surface area contributed by atoms with Gasteiger partial charge in [0.05, 0.1) is 5.69 Å². The number of rotatable bonds is 5. The average molecular weight is 406 g/mol. The first-order valence-corrected chi connectivity index (χ1v) is 12.0. The lowest BCUT2D eigenvalue weighted by molar-refractivity contribution is 0.208. The maximum Gasteiger partial charge on any atom is 0.225 e. The molecule has 0 bridgehead atoms. The van der Waals surface area contributed by atoms with Crippen molar-refractivity contribution >= 4 is 11.8 Å². The van der Waals surface area contributed by atoms with Crippen LogP contribution in [0.15, 0.2) is 30.3 Å². The second-order valence-electron chi connectivity index (χ2n) is 9.26. The summed E-state index contributed by atoms with van der Waals surface area (Å²) in [5.41, 5.74) is 4.12. The molecule has 1 N–H and O–H groups in total. The van der Waals surface area contributed by atoms with E-state index >= 15 is 0 Å². The van der Waals surface area contributed by atoms with Crippen molar-refractivity contribution in [2.45, 2.75) is 70.4 Å². The van der Waals surface area contributed by atoms with Crippen LogP contribution < -0.4 is 10.2 Å². The molecular weight excluding hydrogens is 370 g/mol. The molecule has 0 unspecified atom stereocenters. The van der Waals surface area contributed by atoms with Gasteiger partial charge < -0.3 is 10.2 Å². The minimum Gasteiger partial charge on any atom is -0.356 e. The minimum atomic E-state index is 0.430. The summed E-state index contributed by atoms with van der Waals surface area (Å²) in [4.78, 5) is 15.2. The summed E-state index contributed by atoms with van der Waals surface area (Å²) in [7, 11) is 0. The van der Waals surface area contributed by atoms with E-state index in [2.05, 4.69) is 45.4 Å². The first kappa shape index (κ1) is 19.8. The Morgan fingerprint density at radius 3 is 2.53 bits per heavy atom. The van der Waals surface area contributed by atoms with E-state index < -0.39 is 0 Å². The molecule has 2 fully saturated rings. The number of aromatic nitrogens is 2. The molecule has 0 amide bonds. The van der Waals surface area contributed by atoms with E-state index in [-0.39, 0.29) is 0 Å². The van der Waals surface area contributed by atoms with Crippen LogP contribution >= 0.6 is 0 Å². The Morgan fingerprint density at radius 2 is 1.70 bits per heavy atom. The van der Waals surface area contributed by atoms with Crippen molar-refractivity contribution in [3.63, 3.8) is 0 Å². The van der Waals surface area contributed by atoms with Crippen LogP contribution in [0.1, 0.15) is 61.8 Å². The lowest BCUT2D eigenvalue weighted by Gasteiger charge is -2.33. The molecule has 5 nitrogen and oxygen atoms in total. The van der Waals surface area contributed by atoms with Gasteiger partial charge in [0.1, 0.15) is 5.82 Å². The van der Waals surface area contributed by atoms with E-state index in [1.807, 2.05) is 0 Å². The highest BCUT2D eigenvalue weighted by atomic mass is 15.3. The molecule has 2 aromatic rings. The molecular formula is C25H35N5. The molecule has 3 aliphatic rings. The van der Waals surface area contributed by atoms with Gasteiger partial charge in [0, 0.05) is 37.8 Å². The van der Waals surface area contributed by atoms with Crippen molar-refractivity contribution in [3.8, 4) is 0 Å². The summed E-state index contributed by atoms with van der Waals surface area (Å²) in [6.07, 6.45) is 11.2. The number of fused-ring (bicyclic) bond motifs is 1. The molecule has 160 valence electrons. The van der Waals surface area contributed by atoms with Crippen LogP contribution in [0.25, 0.3) is 0 Å². The molecule has 1 aromatic carbocycles. The second-order valence-corrected chi connectivity index (χ2v) is 9.26. The van der Waals surface area contributed by atoms with Crippen LogP contribution in [-0.4, -0.2) is 47.1 Å². The quantitative estimate of drug-likeness (QED) is 0.798. The Balaban J connectivity index is 1.30. The van der Waals surface area contributed by atoms with Crippen LogP contribution in [0.2, 0.25) is 0 Å². The number of likely N-dealkylation sites (tertiary alicyclic amines) is 1. The monoisotopic (exact) mass is 405 g/mol. The lowest BCUT2D eigenvalue weighted by atomic mass is 10.0. The van der Waals surface area contributed by atoms with Gasteiger partial charge in [-0.1, -0.05) is 43.2 Å². The highest BCUT2D eigenvalue weighted by Gasteiger charge is 2.26. The van der Waals surface area contributed by atoms with E-state index in [1.165, 1.54) is 74.1 Å². The molecule has 5 heteroatoms. The SMILES string of the molecule is c1ccc(CN2CCC[C@H](Nc3nc4c(c(N5CCCCCC5)n3)CCC4)C2)cc1.